The quantitative estimate of drug-likeness (QED) is 0.838. The molecule has 1 fully saturated rings. The fraction of sp³-hybridized carbons (Fsp3) is 0.429. The van der Waals surface area contributed by atoms with Crippen LogP contribution >= 0.6 is 11.8 Å². The van der Waals surface area contributed by atoms with E-state index in [0.29, 0.717) is 29.6 Å². The SMILES string of the molecule is O=S1(=O)CCC(SCc2nc(Cc3ccccc3)no2)C1. The molecule has 2 aromatic rings. The first-order valence-electron chi connectivity index (χ1n) is 6.78. The lowest BCUT2D eigenvalue weighted by molar-refractivity contribution is 0.385. The van der Waals surface area contributed by atoms with Crippen molar-refractivity contribution in [3.05, 3.63) is 47.6 Å². The number of sulfone groups is 1. The van der Waals surface area contributed by atoms with Crippen molar-refractivity contribution in [3.63, 3.8) is 0 Å². The second-order valence-electron chi connectivity index (χ2n) is 5.10. The normalized spacial score (nSPS) is 20.7. The summed E-state index contributed by atoms with van der Waals surface area (Å²) in [6.45, 7) is 0. The van der Waals surface area contributed by atoms with Gasteiger partial charge in [0.1, 0.15) is 0 Å². The van der Waals surface area contributed by atoms with Gasteiger partial charge in [0.15, 0.2) is 15.7 Å². The van der Waals surface area contributed by atoms with Gasteiger partial charge in [0.2, 0.25) is 5.89 Å². The van der Waals surface area contributed by atoms with Crippen molar-refractivity contribution in [2.75, 3.05) is 11.5 Å². The molecule has 0 spiro atoms. The molecule has 1 unspecified atom stereocenters. The minimum Gasteiger partial charge on any atom is -0.338 e. The van der Waals surface area contributed by atoms with E-state index >= 15 is 0 Å². The first-order chi connectivity index (χ1) is 10.1. The van der Waals surface area contributed by atoms with Crippen LogP contribution < -0.4 is 0 Å². The Bertz CT molecular complexity index is 698. The Kier molecular flexibility index (Phi) is 4.30. The topological polar surface area (TPSA) is 73.1 Å². The van der Waals surface area contributed by atoms with Gasteiger partial charge in [0, 0.05) is 11.7 Å². The van der Waals surface area contributed by atoms with Gasteiger partial charge >= 0.3 is 0 Å². The molecule has 0 radical (unpaired) electrons. The van der Waals surface area contributed by atoms with E-state index in [2.05, 4.69) is 10.1 Å². The molecule has 5 nitrogen and oxygen atoms in total. The van der Waals surface area contributed by atoms with Crippen LogP contribution in [0, 0.1) is 0 Å². The maximum absolute atomic E-state index is 11.4. The third kappa shape index (κ3) is 4.07. The van der Waals surface area contributed by atoms with Crippen molar-refractivity contribution in [1.29, 1.82) is 0 Å². The average Bonchev–Trinajstić information content (AvgIpc) is 3.04. The zero-order valence-corrected chi connectivity index (χ0v) is 13.1. The molecule has 1 aliphatic heterocycles. The van der Waals surface area contributed by atoms with E-state index in [1.54, 1.807) is 11.8 Å². The van der Waals surface area contributed by atoms with Crippen molar-refractivity contribution >= 4 is 21.6 Å². The number of thioether (sulfide) groups is 1. The Morgan fingerprint density at radius 3 is 2.81 bits per heavy atom. The van der Waals surface area contributed by atoms with Gasteiger partial charge in [-0.2, -0.15) is 4.98 Å². The molecule has 0 aliphatic carbocycles. The smallest absolute Gasteiger partial charge is 0.236 e. The van der Waals surface area contributed by atoms with Gasteiger partial charge in [0.25, 0.3) is 0 Å². The molecular weight excluding hydrogens is 308 g/mol. The summed E-state index contributed by atoms with van der Waals surface area (Å²) in [6, 6.07) is 9.97. The first-order valence-corrected chi connectivity index (χ1v) is 9.65. The van der Waals surface area contributed by atoms with E-state index in [0.717, 1.165) is 12.0 Å². The molecule has 1 saturated heterocycles. The van der Waals surface area contributed by atoms with Crippen LogP contribution in [0.25, 0.3) is 0 Å². The highest BCUT2D eigenvalue weighted by Crippen LogP contribution is 2.26. The summed E-state index contributed by atoms with van der Waals surface area (Å²) in [6.07, 6.45) is 1.37. The van der Waals surface area contributed by atoms with Crippen LogP contribution in [-0.2, 0) is 22.0 Å². The van der Waals surface area contributed by atoms with Crippen molar-refractivity contribution in [2.24, 2.45) is 0 Å². The molecule has 1 aromatic carbocycles. The van der Waals surface area contributed by atoms with E-state index in [1.807, 2.05) is 30.3 Å². The van der Waals surface area contributed by atoms with Crippen molar-refractivity contribution < 1.29 is 12.9 Å². The maximum atomic E-state index is 11.4. The molecule has 1 atom stereocenters. The molecular formula is C14H16N2O3S2. The van der Waals surface area contributed by atoms with Crippen LogP contribution in [0.3, 0.4) is 0 Å². The molecule has 112 valence electrons. The summed E-state index contributed by atoms with van der Waals surface area (Å²) in [5.41, 5.74) is 1.14. The van der Waals surface area contributed by atoms with Crippen LogP contribution in [0.15, 0.2) is 34.9 Å². The third-order valence-electron chi connectivity index (χ3n) is 3.35. The van der Waals surface area contributed by atoms with E-state index in [4.69, 9.17) is 4.52 Å². The first kappa shape index (κ1) is 14.6. The second-order valence-corrected chi connectivity index (χ2v) is 8.62. The molecule has 3 rings (SSSR count). The van der Waals surface area contributed by atoms with Gasteiger partial charge in [-0.3, -0.25) is 0 Å². The molecule has 0 bridgehead atoms. The summed E-state index contributed by atoms with van der Waals surface area (Å²) in [5.74, 6) is 2.37. The number of benzene rings is 1. The summed E-state index contributed by atoms with van der Waals surface area (Å²) in [7, 11) is -2.82. The molecule has 1 aliphatic rings. The van der Waals surface area contributed by atoms with E-state index in [9.17, 15) is 8.42 Å². The maximum Gasteiger partial charge on any atom is 0.236 e. The number of aromatic nitrogens is 2. The lowest BCUT2D eigenvalue weighted by Crippen LogP contribution is -2.06. The van der Waals surface area contributed by atoms with Crippen LogP contribution in [0.1, 0.15) is 23.7 Å². The van der Waals surface area contributed by atoms with Crippen LogP contribution in [0.5, 0.6) is 0 Å². The largest absolute Gasteiger partial charge is 0.338 e. The Hall–Kier alpha value is -1.34. The van der Waals surface area contributed by atoms with Gasteiger partial charge in [-0.1, -0.05) is 35.5 Å². The Balaban J connectivity index is 1.54. The van der Waals surface area contributed by atoms with Gasteiger partial charge in [-0.05, 0) is 12.0 Å². The predicted molar refractivity (Wildman–Crippen MR) is 81.9 cm³/mol. The Morgan fingerprint density at radius 1 is 1.29 bits per heavy atom. The second kappa shape index (κ2) is 6.19. The summed E-state index contributed by atoms with van der Waals surface area (Å²) < 4.78 is 28.0. The predicted octanol–water partition coefficient (Wildman–Crippen LogP) is 2.08. The van der Waals surface area contributed by atoms with Gasteiger partial charge < -0.3 is 4.52 Å². The highest BCUT2D eigenvalue weighted by atomic mass is 32.2. The molecule has 2 heterocycles. The fourth-order valence-electron chi connectivity index (χ4n) is 2.28. The molecule has 1 aromatic heterocycles. The van der Waals surface area contributed by atoms with Gasteiger partial charge in [0.05, 0.1) is 17.3 Å². The molecule has 0 saturated carbocycles. The van der Waals surface area contributed by atoms with Gasteiger partial charge in [-0.15, -0.1) is 11.8 Å². The fourth-order valence-corrected chi connectivity index (χ4v) is 5.76. The average molecular weight is 324 g/mol. The number of hydrogen-bond donors (Lipinski definition) is 0. The highest BCUT2D eigenvalue weighted by molar-refractivity contribution is 8.01. The van der Waals surface area contributed by atoms with E-state index < -0.39 is 9.84 Å². The van der Waals surface area contributed by atoms with Gasteiger partial charge in [-0.25, -0.2) is 8.42 Å². The lowest BCUT2D eigenvalue weighted by Gasteiger charge is -2.03. The standard InChI is InChI=1S/C14H16N2O3S2/c17-21(18)7-6-12(10-21)20-9-14-15-13(16-19-14)8-11-4-2-1-3-5-11/h1-5,12H,6-10H2. The van der Waals surface area contributed by atoms with Crippen LogP contribution in [-0.4, -0.2) is 35.3 Å². The van der Waals surface area contributed by atoms with Crippen molar-refractivity contribution in [1.82, 2.24) is 10.1 Å². The van der Waals surface area contributed by atoms with Crippen LogP contribution in [0.2, 0.25) is 0 Å². The minimum absolute atomic E-state index is 0.152. The zero-order valence-electron chi connectivity index (χ0n) is 11.4. The van der Waals surface area contributed by atoms with E-state index in [1.165, 1.54) is 0 Å². The monoisotopic (exact) mass is 324 g/mol. The summed E-state index contributed by atoms with van der Waals surface area (Å²) in [5, 5.41) is 4.12. The van der Waals surface area contributed by atoms with Crippen molar-refractivity contribution in [2.45, 2.75) is 23.8 Å². The summed E-state index contributed by atoms with van der Waals surface area (Å²) in [4.78, 5) is 4.35. The molecule has 21 heavy (non-hydrogen) atoms. The lowest BCUT2D eigenvalue weighted by atomic mass is 10.1. The number of nitrogens with zero attached hydrogens (tertiary/aromatic N) is 2. The number of rotatable bonds is 5. The van der Waals surface area contributed by atoms with E-state index in [-0.39, 0.29) is 11.0 Å². The molecule has 0 amide bonds. The van der Waals surface area contributed by atoms with Crippen molar-refractivity contribution in [3.8, 4) is 0 Å². The molecule has 7 heteroatoms. The third-order valence-corrected chi connectivity index (χ3v) is 6.61. The van der Waals surface area contributed by atoms with Crippen LogP contribution in [0.4, 0.5) is 0 Å². The molecule has 0 N–H and O–H groups in total. The minimum atomic E-state index is -2.82. The zero-order chi connectivity index (χ0) is 14.7. The Labute approximate surface area is 128 Å². The summed E-state index contributed by atoms with van der Waals surface area (Å²) >= 11 is 1.58. The highest BCUT2D eigenvalue weighted by Gasteiger charge is 2.28. The number of hydrogen-bond acceptors (Lipinski definition) is 6. The Morgan fingerprint density at radius 2 is 2.10 bits per heavy atom.